The minimum Gasteiger partial charge on any atom is -0.491 e. The highest BCUT2D eigenvalue weighted by molar-refractivity contribution is 5.93. The first-order valence-corrected chi connectivity index (χ1v) is 9.03. The van der Waals surface area contributed by atoms with Gasteiger partial charge in [-0.25, -0.2) is 4.79 Å². The summed E-state index contributed by atoms with van der Waals surface area (Å²) in [6.45, 7) is 7.09. The molecule has 0 spiro atoms. The number of rotatable bonds is 6. The van der Waals surface area contributed by atoms with Gasteiger partial charge in [-0.2, -0.15) is 0 Å². The second-order valence-corrected chi connectivity index (χ2v) is 6.35. The average molecular weight is 333 g/mol. The highest BCUT2D eigenvalue weighted by Gasteiger charge is 2.20. The fourth-order valence-corrected chi connectivity index (χ4v) is 3.36. The quantitative estimate of drug-likeness (QED) is 0.749. The SMILES string of the molecule is CCOC(=O)c1cc2c(cc1OCCN1CCOCC1)CCCC2. The van der Waals surface area contributed by atoms with Gasteiger partial charge in [0.25, 0.3) is 0 Å². The van der Waals surface area contributed by atoms with Crippen LogP contribution in [0.15, 0.2) is 12.1 Å². The summed E-state index contributed by atoms with van der Waals surface area (Å²) in [4.78, 5) is 14.6. The summed E-state index contributed by atoms with van der Waals surface area (Å²) in [5.41, 5.74) is 3.15. The number of nitrogens with zero attached hydrogens (tertiary/aromatic N) is 1. The van der Waals surface area contributed by atoms with Gasteiger partial charge in [0.1, 0.15) is 17.9 Å². The maximum absolute atomic E-state index is 12.3. The number of carbonyl (C=O) groups excluding carboxylic acids is 1. The lowest BCUT2D eigenvalue weighted by atomic mass is 9.90. The Morgan fingerprint density at radius 3 is 2.58 bits per heavy atom. The van der Waals surface area contributed by atoms with Crippen LogP contribution in [0.25, 0.3) is 0 Å². The van der Waals surface area contributed by atoms with E-state index in [-0.39, 0.29) is 5.97 Å². The van der Waals surface area contributed by atoms with E-state index in [9.17, 15) is 4.79 Å². The largest absolute Gasteiger partial charge is 0.491 e. The average Bonchev–Trinajstić information content (AvgIpc) is 2.62. The summed E-state index contributed by atoms with van der Waals surface area (Å²) in [7, 11) is 0. The molecule has 1 saturated heterocycles. The molecule has 0 bridgehead atoms. The van der Waals surface area contributed by atoms with Crippen LogP contribution in [-0.4, -0.2) is 56.9 Å². The van der Waals surface area contributed by atoms with E-state index in [1.165, 1.54) is 24.0 Å². The summed E-state index contributed by atoms with van der Waals surface area (Å²) >= 11 is 0. The Labute approximate surface area is 143 Å². The maximum atomic E-state index is 12.3. The second-order valence-electron chi connectivity index (χ2n) is 6.35. The van der Waals surface area contributed by atoms with Crippen LogP contribution in [0.1, 0.15) is 41.3 Å². The highest BCUT2D eigenvalue weighted by atomic mass is 16.5. The Balaban J connectivity index is 1.70. The van der Waals surface area contributed by atoms with E-state index < -0.39 is 0 Å². The lowest BCUT2D eigenvalue weighted by molar-refractivity contribution is 0.0320. The number of ether oxygens (including phenoxy) is 3. The van der Waals surface area contributed by atoms with E-state index in [4.69, 9.17) is 14.2 Å². The van der Waals surface area contributed by atoms with E-state index in [2.05, 4.69) is 11.0 Å². The molecular formula is C19H27NO4. The van der Waals surface area contributed by atoms with Gasteiger partial charge in [-0.1, -0.05) is 0 Å². The summed E-state index contributed by atoms with van der Waals surface area (Å²) in [6.07, 6.45) is 4.50. The van der Waals surface area contributed by atoms with Gasteiger partial charge in [-0.3, -0.25) is 4.90 Å². The van der Waals surface area contributed by atoms with E-state index in [0.717, 1.165) is 45.7 Å². The Morgan fingerprint density at radius 1 is 1.17 bits per heavy atom. The fourth-order valence-electron chi connectivity index (χ4n) is 3.36. The minimum absolute atomic E-state index is 0.285. The van der Waals surface area contributed by atoms with E-state index in [0.29, 0.717) is 24.5 Å². The zero-order chi connectivity index (χ0) is 16.8. The molecule has 0 aromatic heterocycles. The predicted octanol–water partition coefficient (Wildman–Crippen LogP) is 2.45. The lowest BCUT2D eigenvalue weighted by Crippen LogP contribution is -2.38. The Bertz CT molecular complexity index is 567. The molecule has 0 atom stereocenters. The summed E-state index contributed by atoms with van der Waals surface area (Å²) < 4.78 is 16.6. The van der Waals surface area contributed by atoms with Gasteiger partial charge in [0.15, 0.2) is 0 Å². The van der Waals surface area contributed by atoms with Gasteiger partial charge in [-0.15, -0.1) is 0 Å². The highest BCUT2D eigenvalue weighted by Crippen LogP contribution is 2.30. The third kappa shape index (κ3) is 4.28. The molecule has 0 amide bonds. The number of benzene rings is 1. The van der Waals surface area contributed by atoms with E-state index >= 15 is 0 Å². The molecule has 1 aromatic rings. The number of esters is 1. The van der Waals surface area contributed by atoms with Gasteiger partial charge in [0, 0.05) is 19.6 Å². The fraction of sp³-hybridized carbons (Fsp3) is 0.632. The van der Waals surface area contributed by atoms with Crippen LogP contribution in [0.3, 0.4) is 0 Å². The van der Waals surface area contributed by atoms with Crippen molar-refractivity contribution in [2.75, 3.05) is 46.1 Å². The third-order valence-corrected chi connectivity index (χ3v) is 4.71. The van der Waals surface area contributed by atoms with Gasteiger partial charge < -0.3 is 14.2 Å². The van der Waals surface area contributed by atoms with Gasteiger partial charge in [0.2, 0.25) is 0 Å². The normalized spacial score (nSPS) is 18.0. The molecule has 1 aromatic carbocycles. The first-order valence-electron chi connectivity index (χ1n) is 9.03. The molecule has 0 N–H and O–H groups in total. The van der Waals surface area contributed by atoms with Crippen LogP contribution in [-0.2, 0) is 22.3 Å². The van der Waals surface area contributed by atoms with E-state index in [1.54, 1.807) is 0 Å². The number of carbonyl (C=O) groups is 1. The summed E-state index contributed by atoms with van der Waals surface area (Å²) in [5.74, 6) is 0.384. The Kier molecular flexibility index (Phi) is 6.10. The molecule has 132 valence electrons. The monoisotopic (exact) mass is 333 g/mol. The predicted molar refractivity (Wildman–Crippen MR) is 91.8 cm³/mol. The molecule has 0 saturated carbocycles. The topological polar surface area (TPSA) is 48.0 Å². The first-order chi connectivity index (χ1) is 11.8. The van der Waals surface area contributed by atoms with Crippen LogP contribution < -0.4 is 4.74 Å². The summed E-state index contributed by atoms with van der Waals surface area (Å²) in [6, 6.07) is 4.04. The molecule has 2 aliphatic rings. The number of hydrogen-bond acceptors (Lipinski definition) is 5. The van der Waals surface area contributed by atoms with Gasteiger partial charge >= 0.3 is 5.97 Å². The number of fused-ring (bicyclic) bond motifs is 1. The molecule has 5 nitrogen and oxygen atoms in total. The van der Waals surface area contributed by atoms with Crippen LogP contribution in [0, 0.1) is 0 Å². The lowest BCUT2D eigenvalue weighted by Gasteiger charge is -2.26. The Morgan fingerprint density at radius 2 is 1.88 bits per heavy atom. The standard InChI is InChI=1S/C19H27NO4/c1-2-23-19(21)17-13-15-5-3-4-6-16(15)14-18(17)24-12-9-20-7-10-22-11-8-20/h13-14H,2-12H2,1H3. The number of morpholine rings is 1. The van der Waals surface area contributed by atoms with Crippen LogP contribution in [0.2, 0.25) is 0 Å². The molecule has 1 fully saturated rings. The number of hydrogen-bond donors (Lipinski definition) is 0. The van der Waals surface area contributed by atoms with Crippen molar-refractivity contribution in [3.63, 3.8) is 0 Å². The van der Waals surface area contributed by atoms with Crippen molar-refractivity contribution in [1.29, 1.82) is 0 Å². The molecule has 24 heavy (non-hydrogen) atoms. The van der Waals surface area contributed by atoms with Crippen LogP contribution in [0.4, 0.5) is 0 Å². The van der Waals surface area contributed by atoms with Crippen LogP contribution in [0.5, 0.6) is 5.75 Å². The smallest absolute Gasteiger partial charge is 0.341 e. The molecule has 0 radical (unpaired) electrons. The maximum Gasteiger partial charge on any atom is 0.341 e. The molecule has 0 unspecified atom stereocenters. The molecule has 3 rings (SSSR count). The molecule has 1 aliphatic heterocycles. The number of aryl methyl sites for hydroxylation is 2. The van der Waals surface area contributed by atoms with Crippen molar-refractivity contribution in [3.8, 4) is 5.75 Å². The van der Waals surface area contributed by atoms with Crippen LogP contribution >= 0.6 is 0 Å². The van der Waals surface area contributed by atoms with Crippen molar-refractivity contribution in [2.45, 2.75) is 32.6 Å². The van der Waals surface area contributed by atoms with Gasteiger partial charge in [0.05, 0.1) is 19.8 Å². The third-order valence-electron chi connectivity index (χ3n) is 4.71. The van der Waals surface area contributed by atoms with Crippen molar-refractivity contribution in [2.24, 2.45) is 0 Å². The second kappa shape index (κ2) is 8.49. The van der Waals surface area contributed by atoms with Crippen molar-refractivity contribution < 1.29 is 19.0 Å². The van der Waals surface area contributed by atoms with Crippen molar-refractivity contribution in [3.05, 3.63) is 28.8 Å². The van der Waals surface area contributed by atoms with Crippen molar-refractivity contribution >= 4 is 5.97 Å². The van der Waals surface area contributed by atoms with E-state index in [1.807, 2.05) is 13.0 Å². The zero-order valence-corrected chi connectivity index (χ0v) is 14.5. The summed E-state index contributed by atoms with van der Waals surface area (Å²) in [5, 5.41) is 0. The zero-order valence-electron chi connectivity index (χ0n) is 14.5. The van der Waals surface area contributed by atoms with Gasteiger partial charge in [-0.05, 0) is 55.9 Å². The minimum atomic E-state index is -0.285. The molecule has 1 heterocycles. The first kappa shape index (κ1) is 17.2. The van der Waals surface area contributed by atoms with Crippen molar-refractivity contribution in [1.82, 2.24) is 4.90 Å². The Hall–Kier alpha value is -1.59. The molecular weight excluding hydrogens is 306 g/mol. The molecule has 5 heteroatoms. The molecule has 1 aliphatic carbocycles.